The summed E-state index contributed by atoms with van der Waals surface area (Å²) in [5.41, 5.74) is 3.86. The number of para-hydroxylation sites is 1. The summed E-state index contributed by atoms with van der Waals surface area (Å²) in [6, 6.07) is 13.1. The van der Waals surface area contributed by atoms with Gasteiger partial charge in [-0.15, -0.1) is 0 Å². The van der Waals surface area contributed by atoms with Gasteiger partial charge >= 0.3 is 0 Å². The lowest BCUT2D eigenvalue weighted by atomic mass is 9.84. The zero-order valence-electron chi connectivity index (χ0n) is 18.2. The van der Waals surface area contributed by atoms with E-state index >= 15 is 0 Å². The molecule has 7 heteroatoms. The van der Waals surface area contributed by atoms with Crippen LogP contribution in [-0.2, 0) is 15.4 Å². The molecule has 0 N–H and O–H groups in total. The third-order valence-electron chi connectivity index (χ3n) is 6.26. The van der Waals surface area contributed by atoms with Crippen LogP contribution in [0.1, 0.15) is 38.7 Å². The Bertz CT molecular complexity index is 1150. The summed E-state index contributed by atoms with van der Waals surface area (Å²) in [6.07, 6.45) is 6.56. The average Bonchev–Trinajstić information content (AvgIpc) is 2.96. The van der Waals surface area contributed by atoms with Gasteiger partial charge < -0.3 is 4.90 Å². The smallest absolute Gasteiger partial charge is 0.243 e. The van der Waals surface area contributed by atoms with E-state index in [1.54, 1.807) is 28.7 Å². The summed E-state index contributed by atoms with van der Waals surface area (Å²) in [7, 11) is -1.48. The lowest BCUT2D eigenvalue weighted by Crippen LogP contribution is -2.35. The largest absolute Gasteiger partial charge is 0.347 e. The normalized spacial score (nSPS) is 20.5. The van der Waals surface area contributed by atoms with E-state index in [4.69, 9.17) is 11.6 Å². The van der Waals surface area contributed by atoms with Crippen molar-refractivity contribution in [3.63, 3.8) is 0 Å². The van der Waals surface area contributed by atoms with E-state index in [0.29, 0.717) is 23.8 Å². The van der Waals surface area contributed by atoms with E-state index in [-0.39, 0.29) is 10.3 Å². The van der Waals surface area contributed by atoms with Crippen LogP contribution in [0, 0.1) is 0 Å². The number of fused-ring (bicyclic) bond motifs is 1. The second-order valence-corrected chi connectivity index (χ2v) is 11.0. The molecule has 0 amide bonds. The van der Waals surface area contributed by atoms with Crippen LogP contribution in [0.4, 0.5) is 11.4 Å². The first-order valence-corrected chi connectivity index (χ1v) is 12.4. The second kappa shape index (κ2) is 8.41. The lowest BCUT2D eigenvalue weighted by Gasteiger charge is -2.26. The molecule has 0 bridgehead atoms. The molecule has 4 rings (SSSR count). The van der Waals surface area contributed by atoms with Crippen LogP contribution in [0.15, 0.2) is 64.1 Å². The number of allylic oxidation sites excluding steroid dienone is 2. The van der Waals surface area contributed by atoms with Gasteiger partial charge in [0.25, 0.3) is 0 Å². The van der Waals surface area contributed by atoms with E-state index in [1.165, 1.54) is 11.3 Å². The van der Waals surface area contributed by atoms with Gasteiger partial charge in [0.15, 0.2) is 0 Å². The van der Waals surface area contributed by atoms with Crippen LogP contribution < -0.4 is 4.90 Å². The molecule has 1 fully saturated rings. The number of benzene rings is 2. The number of rotatable bonds is 4. The first kappa shape index (κ1) is 22.1. The number of likely N-dealkylation sites (N-methyl/N-ethyl adjacent to an activating group) is 1. The number of halogens is 1. The molecule has 2 aromatic carbocycles. The third kappa shape index (κ3) is 4.04. The van der Waals surface area contributed by atoms with Gasteiger partial charge in [0, 0.05) is 43.2 Å². The van der Waals surface area contributed by atoms with Crippen molar-refractivity contribution in [3.05, 3.63) is 64.8 Å². The molecule has 2 heterocycles. The molecule has 0 aromatic heterocycles. The molecule has 0 atom stereocenters. The summed E-state index contributed by atoms with van der Waals surface area (Å²) < 4.78 is 27.6. The minimum absolute atomic E-state index is 0.152. The maximum Gasteiger partial charge on any atom is 0.243 e. The molecular weight excluding hydrogens is 430 g/mol. The van der Waals surface area contributed by atoms with Gasteiger partial charge in [-0.2, -0.15) is 4.31 Å². The monoisotopic (exact) mass is 457 g/mol. The van der Waals surface area contributed by atoms with Gasteiger partial charge in [-0.05, 0) is 48.7 Å². The van der Waals surface area contributed by atoms with E-state index in [1.807, 2.05) is 19.2 Å². The van der Waals surface area contributed by atoms with E-state index in [2.05, 4.69) is 41.9 Å². The number of hydrogen-bond donors (Lipinski definition) is 0. The minimum Gasteiger partial charge on any atom is -0.347 e. The van der Waals surface area contributed by atoms with Crippen molar-refractivity contribution in [2.75, 3.05) is 25.0 Å². The van der Waals surface area contributed by atoms with Crippen LogP contribution in [0.3, 0.4) is 0 Å². The van der Waals surface area contributed by atoms with Crippen LogP contribution in [-0.4, -0.2) is 39.1 Å². The Labute approximate surface area is 190 Å². The number of aliphatic imine (C=N–C) groups is 1. The molecular formula is C24H28ClN3O2S. The third-order valence-corrected chi connectivity index (χ3v) is 8.47. The molecule has 164 valence electrons. The van der Waals surface area contributed by atoms with Gasteiger partial charge in [0.1, 0.15) is 0 Å². The molecule has 2 aliphatic rings. The van der Waals surface area contributed by atoms with Gasteiger partial charge in [0.05, 0.1) is 15.6 Å². The fraction of sp³-hybridized carbons (Fsp3) is 0.375. The molecule has 0 aliphatic carbocycles. The maximum absolute atomic E-state index is 13.0. The second-order valence-electron chi connectivity index (χ2n) is 8.61. The predicted octanol–water partition coefficient (Wildman–Crippen LogP) is 5.53. The Morgan fingerprint density at radius 1 is 1.06 bits per heavy atom. The molecule has 0 saturated carbocycles. The molecule has 2 aromatic rings. The van der Waals surface area contributed by atoms with Crippen molar-refractivity contribution in [3.8, 4) is 0 Å². The fourth-order valence-corrected chi connectivity index (χ4v) is 6.20. The Morgan fingerprint density at radius 2 is 1.77 bits per heavy atom. The molecule has 0 radical (unpaired) electrons. The summed E-state index contributed by atoms with van der Waals surface area (Å²) in [6.45, 7) is 5.51. The highest BCUT2D eigenvalue weighted by molar-refractivity contribution is 7.89. The number of sulfonamides is 1. The first-order chi connectivity index (χ1) is 14.7. The highest BCUT2D eigenvalue weighted by atomic mass is 35.5. The Morgan fingerprint density at radius 3 is 2.48 bits per heavy atom. The first-order valence-electron chi connectivity index (χ1n) is 10.6. The van der Waals surface area contributed by atoms with Gasteiger partial charge in [-0.25, -0.2) is 8.42 Å². The van der Waals surface area contributed by atoms with Gasteiger partial charge in [-0.1, -0.05) is 50.1 Å². The minimum atomic E-state index is -3.53. The molecule has 31 heavy (non-hydrogen) atoms. The van der Waals surface area contributed by atoms with Crippen molar-refractivity contribution in [1.29, 1.82) is 0 Å². The zero-order chi connectivity index (χ0) is 22.2. The molecule has 1 saturated heterocycles. The molecule has 0 unspecified atom stereocenters. The summed E-state index contributed by atoms with van der Waals surface area (Å²) in [5, 5.41) is 0.426. The SMILES string of the molecule is CN1/C(=C/C=Nc2cc(S(=O)(=O)N3CCCCC3)ccc2Cl)C(C)(C)c2ccccc21. The van der Waals surface area contributed by atoms with Crippen molar-refractivity contribution >= 4 is 39.2 Å². The number of piperidine rings is 1. The standard InChI is InChI=1S/C24H28ClN3O2S/c1-24(2)19-9-5-6-10-22(19)27(3)23(24)13-14-26-21-17-18(11-12-20(21)25)31(29,30)28-15-7-4-8-16-28/h5-6,9-14,17H,4,7-8,15-16H2,1-3H3/b23-13+,26-14?. The van der Waals surface area contributed by atoms with Gasteiger partial charge in [-0.3, -0.25) is 4.99 Å². The predicted molar refractivity (Wildman–Crippen MR) is 128 cm³/mol. The van der Waals surface area contributed by atoms with E-state index in [0.717, 1.165) is 25.0 Å². The van der Waals surface area contributed by atoms with Crippen molar-refractivity contribution in [1.82, 2.24) is 4.31 Å². The highest BCUT2D eigenvalue weighted by Gasteiger charge is 2.37. The Hall–Kier alpha value is -2.15. The van der Waals surface area contributed by atoms with E-state index in [9.17, 15) is 8.42 Å². The van der Waals surface area contributed by atoms with Gasteiger partial charge in [0.2, 0.25) is 10.0 Å². The van der Waals surface area contributed by atoms with Crippen LogP contribution in [0.5, 0.6) is 0 Å². The highest BCUT2D eigenvalue weighted by Crippen LogP contribution is 2.46. The molecule has 2 aliphatic heterocycles. The zero-order valence-corrected chi connectivity index (χ0v) is 19.7. The molecule has 5 nitrogen and oxygen atoms in total. The summed E-state index contributed by atoms with van der Waals surface area (Å²) >= 11 is 6.33. The quantitative estimate of drug-likeness (QED) is 0.567. The van der Waals surface area contributed by atoms with Crippen LogP contribution in [0.25, 0.3) is 0 Å². The maximum atomic E-state index is 13.0. The summed E-state index contributed by atoms with van der Waals surface area (Å²) in [4.78, 5) is 6.92. The fourth-order valence-electron chi connectivity index (χ4n) is 4.50. The van der Waals surface area contributed by atoms with Crippen molar-refractivity contribution < 1.29 is 8.42 Å². The van der Waals surface area contributed by atoms with Crippen LogP contribution in [0.2, 0.25) is 5.02 Å². The Kier molecular flexibility index (Phi) is 5.99. The van der Waals surface area contributed by atoms with Crippen molar-refractivity contribution in [2.24, 2.45) is 4.99 Å². The number of hydrogen-bond acceptors (Lipinski definition) is 4. The van der Waals surface area contributed by atoms with Crippen molar-refractivity contribution in [2.45, 2.75) is 43.4 Å². The molecule has 0 spiro atoms. The van der Waals surface area contributed by atoms with Crippen LogP contribution >= 0.6 is 11.6 Å². The average molecular weight is 458 g/mol. The summed E-state index contributed by atoms with van der Waals surface area (Å²) in [5.74, 6) is 0. The topological polar surface area (TPSA) is 53.0 Å². The number of anilines is 1. The lowest BCUT2D eigenvalue weighted by molar-refractivity contribution is 0.346. The number of nitrogens with zero attached hydrogens (tertiary/aromatic N) is 3. The van der Waals surface area contributed by atoms with E-state index < -0.39 is 10.0 Å². The Balaban J connectivity index is 1.62.